The molecule has 17 heavy (non-hydrogen) atoms. The molecule has 0 amide bonds. The predicted octanol–water partition coefficient (Wildman–Crippen LogP) is 4.27. The minimum Gasteiger partial charge on any atom is -0.206 e. The SMILES string of the molecule is Cc1ccccc1C(F)(F)c1ccccc1F. The fraction of sp³-hybridized carbons (Fsp3) is 0.143. The third-order valence-electron chi connectivity index (χ3n) is 2.70. The van der Waals surface area contributed by atoms with Crippen molar-refractivity contribution in [1.82, 2.24) is 0 Å². The van der Waals surface area contributed by atoms with E-state index in [0.717, 1.165) is 12.1 Å². The summed E-state index contributed by atoms with van der Waals surface area (Å²) in [5, 5.41) is 0. The van der Waals surface area contributed by atoms with Crippen LogP contribution in [0, 0.1) is 12.7 Å². The summed E-state index contributed by atoms with van der Waals surface area (Å²) < 4.78 is 41.8. The molecule has 0 radical (unpaired) electrons. The third-order valence-corrected chi connectivity index (χ3v) is 2.70. The molecule has 0 aliphatic rings. The largest absolute Gasteiger partial charge is 0.301 e. The van der Waals surface area contributed by atoms with E-state index in [4.69, 9.17) is 0 Å². The van der Waals surface area contributed by atoms with Gasteiger partial charge in [0.1, 0.15) is 5.82 Å². The van der Waals surface area contributed by atoms with Gasteiger partial charge in [0.25, 0.3) is 0 Å². The lowest BCUT2D eigenvalue weighted by atomic mass is 9.96. The normalized spacial score (nSPS) is 11.5. The number of hydrogen-bond donors (Lipinski definition) is 0. The summed E-state index contributed by atoms with van der Waals surface area (Å²) in [4.78, 5) is 0. The number of rotatable bonds is 2. The highest BCUT2D eigenvalue weighted by Gasteiger charge is 2.37. The Hall–Kier alpha value is -1.77. The van der Waals surface area contributed by atoms with Crippen molar-refractivity contribution in [3.63, 3.8) is 0 Å². The molecule has 0 N–H and O–H groups in total. The highest BCUT2D eigenvalue weighted by atomic mass is 19.3. The molecule has 0 aliphatic heterocycles. The number of aryl methyl sites for hydroxylation is 1. The van der Waals surface area contributed by atoms with Gasteiger partial charge in [-0.3, -0.25) is 0 Å². The molecule has 88 valence electrons. The van der Waals surface area contributed by atoms with E-state index in [9.17, 15) is 13.2 Å². The standard InChI is InChI=1S/C14H11F3/c1-10-6-2-3-7-11(10)14(16,17)12-8-4-5-9-13(12)15/h2-9H,1H3. The topological polar surface area (TPSA) is 0 Å². The first kappa shape index (κ1) is 11.7. The van der Waals surface area contributed by atoms with E-state index in [1.54, 1.807) is 19.1 Å². The molecule has 0 atom stereocenters. The van der Waals surface area contributed by atoms with Crippen LogP contribution in [0.1, 0.15) is 16.7 Å². The number of alkyl halides is 2. The van der Waals surface area contributed by atoms with Crippen LogP contribution in [-0.2, 0) is 5.92 Å². The minimum atomic E-state index is -3.31. The van der Waals surface area contributed by atoms with E-state index >= 15 is 0 Å². The van der Waals surface area contributed by atoms with Crippen LogP contribution in [0.2, 0.25) is 0 Å². The minimum absolute atomic E-state index is 0.162. The van der Waals surface area contributed by atoms with Crippen molar-refractivity contribution >= 4 is 0 Å². The number of hydrogen-bond acceptors (Lipinski definition) is 0. The molecular formula is C14H11F3. The Morgan fingerprint density at radius 2 is 1.35 bits per heavy atom. The van der Waals surface area contributed by atoms with Crippen LogP contribution < -0.4 is 0 Å². The zero-order chi connectivity index (χ0) is 12.5. The fourth-order valence-corrected chi connectivity index (χ4v) is 1.79. The van der Waals surface area contributed by atoms with Gasteiger partial charge < -0.3 is 0 Å². The summed E-state index contributed by atoms with van der Waals surface area (Å²) in [7, 11) is 0. The molecule has 2 rings (SSSR count). The summed E-state index contributed by atoms with van der Waals surface area (Å²) in [5.41, 5.74) is -0.305. The lowest BCUT2D eigenvalue weighted by molar-refractivity contribution is 0.0382. The highest BCUT2D eigenvalue weighted by molar-refractivity contribution is 5.38. The first-order valence-corrected chi connectivity index (χ1v) is 5.22. The molecule has 0 nitrogen and oxygen atoms in total. The predicted molar refractivity (Wildman–Crippen MR) is 60.6 cm³/mol. The van der Waals surface area contributed by atoms with Gasteiger partial charge in [0.05, 0.1) is 5.56 Å². The van der Waals surface area contributed by atoms with Gasteiger partial charge >= 0.3 is 5.92 Å². The van der Waals surface area contributed by atoms with Crippen LogP contribution >= 0.6 is 0 Å². The van der Waals surface area contributed by atoms with Gasteiger partial charge in [0.2, 0.25) is 0 Å². The second-order valence-electron chi connectivity index (χ2n) is 3.87. The molecule has 0 bridgehead atoms. The molecule has 3 heteroatoms. The van der Waals surface area contributed by atoms with Gasteiger partial charge in [-0.25, -0.2) is 4.39 Å². The Kier molecular flexibility index (Phi) is 2.92. The summed E-state index contributed by atoms with van der Waals surface area (Å²) in [5.74, 6) is -4.20. The Balaban J connectivity index is 2.58. The maximum Gasteiger partial charge on any atom is 0.301 e. The van der Waals surface area contributed by atoms with E-state index in [2.05, 4.69) is 0 Å². The lowest BCUT2D eigenvalue weighted by Crippen LogP contribution is -2.18. The van der Waals surface area contributed by atoms with Crippen molar-refractivity contribution < 1.29 is 13.2 Å². The lowest BCUT2D eigenvalue weighted by Gasteiger charge is -2.19. The first-order valence-electron chi connectivity index (χ1n) is 5.22. The van der Waals surface area contributed by atoms with Crippen LogP contribution in [0.25, 0.3) is 0 Å². The van der Waals surface area contributed by atoms with E-state index in [0.29, 0.717) is 5.56 Å². The van der Waals surface area contributed by atoms with Gasteiger partial charge in [-0.1, -0.05) is 36.4 Å². The summed E-state index contributed by atoms with van der Waals surface area (Å²) in [6.45, 7) is 1.59. The Bertz CT molecular complexity index is 485. The maximum atomic E-state index is 14.2. The first-order chi connectivity index (χ1) is 8.03. The molecule has 2 aromatic carbocycles. The molecule has 0 heterocycles. The molecule has 0 fully saturated rings. The molecule has 0 unspecified atom stereocenters. The van der Waals surface area contributed by atoms with Crippen molar-refractivity contribution in [2.45, 2.75) is 12.8 Å². The smallest absolute Gasteiger partial charge is 0.206 e. The third kappa shape index (κ3) is 2.05. The number of benzene rings is 2. The quantitative estimate of drug-likeness (QED) is 0.730. The zero-order valence-corrected chi connectivity index (χ0v) is 9.25. The highest BCUT2D eigenvalue weighted by Crippen LogP contribution is 2.38. The molecular weight excluding hydrogens is 225 g/mol. The molecule has 0 saturated carbocycles. The van der Waals surface area contributed by atoms with Gasteiger partial charge in [-0.2, -0.15) is 8.78 Å². The molecule has 0 spiro atoms. The Morgan fingerprint density at radius 3 is 1.94 bits per heavy atom. The average Bonchev–Trinajstić information content (AvgIpc) is 2.29. The van der Waals surface area contributed by atoms with Gasteiger partial charge in [0.15, 0.2) is 0 Å². The molecule has 0 saturated heterocycles. The van der Waals surface area contributed by atoms with Crippen LogP contribution in [0.4, 0.5) is 13.2 Å². The van der Waals surface area contributed by atoms with Crippen molar-refractivity contribution in [2.24, 2.45) is 0 Å². The maximum absolute atomic E-state index is 14.2. The van der Waals surface area contributed by atoms with Gasteiger partial charge in [-0.05, 0) is 24.6 Å². The van der Waals surface area contributed by atoms with E-state index in [1.807, 2.05) is 0 Å². The molecule has 2 aromatic rings. The zero-order valence-electron chi connectivity index (χ0n) is 9.25. The second kappa shape index (κ2) is 4.24. The van der Waals surface area contributed by atoms with Crippen molar-refractivity contribution in [3.05, 3.63) is 71.0 Å². The van der Waals surface area contributed by atoms with E-state index in [-0.39, 0.29) is 5.56 Å². The van der Waals surface area contributed by atoms with Crippen LogP contribution in [0.3, 0.4) is 0 Å². The van der Waals surface area contributed by atoms with E-state index < -0.39 is 17.3 Å². The van der Waals surface area contributed by atoms with Crippen LogP contribution in [0.15, 0.2) is 48.5 Å². The fourth-order valence-electron chi connectivity index (χ4n) is 1.79. The monoisotopic (exact) mass is 236 g/mol. The summed E-state index contributed by atoms with van der Waals surface area (Å²) >= 11 is 0. The van der Waals surface area contributed by atoms with Crippen molar-refractivity contribution in [1.29, 1.82) is 0 Å². The van der Waals surface area contributed by atoms with Crippen molar-refractivity contribution in [2.75, 3.05) is 0 Å². The summed E-state index contributed by atoms with van der Waals surface area (Å²) in [6, 6.07) is 11.1. The van der Waals surface area contributed by atoms with Crippen molar-refractivity contribution in [3.8, 4) is 0 Å². The van der Waals surface area contributed by atoms with Gasteiger partial charge in [0, 0.05) is 5.56 Å². The molecule has 0 aromatic heterocycles. The summed E-state index contributed by atoms with van der Waals surface area (Å²) in [6.07, 6.45) is 0. The van der Waals surface area contributed by atoms with Crippen LogP contribution in [0.5, 0.6) is 0 Å². The Labute approximate surface area is 97.7 Å². The second-order valence-corrected chi connectivity index (χ2v) is 3.87. The average molecular weight is 236 g/mol. The van der Waals surface area contributed by atoms with E-state index in [1.165, 1.54) is 24.3 Å². The molecule has 0 aliphatic carbocycles. The number of halogens is 3. The Morgan fingerprint density at radius 1 is 0.824 bits per heavy atom. The van der Waals surface area contributed by atoms with Crippen LogP contribution in [-0.4, -0.2) is 0 Å². The van der Waals surface area contributed by atoms with Gasteiger partial charge in [-0.15, -0.1) is 0 Å².